The first-order valence-electron chi connectivity index (χ1n) is 7.08. The average molecular weight is 397 g/mol. The molecule has 2 N–H and O–H groups in total. The number of nitrogens with zero attached hydrogens (tertiary/aromatic N) is 3. The molecule has 1 heterocycles. The van der Waals surface area contributed by atoms with Crippen molar-refractivity contribution in [1.29, 1.82) is 0 Å². The summed E-state index contributed by atoms with van der Waals surface area (Å²) in [7, 11) is 0. The second kappa shape index (κ2) is 8.16. The Balaban J connectivity index is 1.63. The third-order valence-corrected chi connectivity index (χ3v) is 5.98. The van der Waals surface area contributed by atoms with Crippen molar-refractivity contribution < 1.29 is 0 Å². The Morgan fingerprint density at radius 3 is 1.62 bits per heavy atom. The van der Waals surface area contributed by atoms with Gasteiger partial charge in [0, 0.05) is 21.6 Å². The maximum atomic E-state index is 6.16. The molecule has 4 nitrogen and oxygen atoms in total. The van der Waals surface area contributed by atoms with Crippen LogP contribution in [-0.4, -0.2) is 14.9 Å². The Kier molecular flexibility index (Phi) is 5.94. The molecule has 0 radical (unpaired) electrons. The van der Waals surface area contributed by atoms with E-state index in [-0.39, 0.29) is 0 Å². The molecule has 24 heavy (non-hydrogen) atoms. The molecule has 0 fully saturated rings. The minimum Gasteiger partial charge on any atom is -0.335 e. The average Bonchev–Trinajstić information content (AvgIpc) is 2.94. The first-order chi connectivity index (χ1) is 11.6. The van der Waals surface area contributed by atoms with Gasteiger partial charge in [-0.2, -0.15) is 0 Å². The highest BCUT2D eigenvalue weighted by Crippen LogP contribution is 2.29. The van der Waals surface area contributed by atoms with E-state index in [1.807, 2.05) is 48.5 Å². The molecule has 3 rings (SSSR count). The number of rotatable bonds is 6. The third-order valence-electron chi connectivity index (χ3n) is 3.26. The Hall–Kier alpha value is -1.34. The minimum atomic E-state index is 0.650. The van der Waals surface area contributed by atoms with Crippen LogP contribution < -0.4 is 5.84 Å². The molecule has 8 heteroatoms. The quantitative estimate of drug-likeness (QED) is 0.474. The fourth-order valence-corrected chi connectivity index (χ4v) is 4.32. The number of nitrogens with two attached hydrogens (primary N) is 1. The topological polar surface area (TPSA) is 56.7 Å². The summed E-state index contributed by atoms with van der Waals surface area (Å²) >= 11 is 15.3. The van der Waals surface area contributed by atoms with Gasteiger partial charge in [0.15, 0.2) is 0 Å². The van der Waals surface area contributed by atoms with E-state index in [9.17, 15) is 0 Å². The predicted molar refractivity (Wildman–Crippen MR) is 102 cm³/mol. The number of aromatic nitrogens is 3. The third kappa shape index (κ3) is 4.19. The largest absolute Gasteiger partial charge is 0.335 e. The molecule has 0 aliphatic heterocycles. The molecule has 0 saturated heterocycles. The predicted octanol–water partition coefficient (Wildman–Crippen LogP) is 4.88. The second-order valence-corrected chi connectivity index (χ2v) is 7.59. The summed E-state index contributed by atoms with van der Waals surface area (Å²) in [6.07, 6.45) is 0. The molecule has 0 aliphatic carbocycles. The molecule has 2 aromatic carbocycles. The zero-order chi connectivity index (χ0) is 16.9. The lowest BCUT2D eigenvalue weighted by molar-refractivity contribution is 0.781. The van der Waals surface area contributed by atoms with Crippen molar-refractivity contribution in [1.82, 2.24) is 14.9 Å². The number of hydrogen-bond acceptors (Lipinski definition) is 5. The van der Waals surface area contributed by atoms with E-state index in [1.165, 1.54) is 28.2 Å². The van der Waals surface area contributed by atoms with Gasteiger partial charge in [-0.05, 0) is 23.3 Å². The number of halogens is 2. The van der Waals surface area contributed by atoms with Crippen LogP contribution in [0, 0.1) is 0 Å². The van der Waals surface area contributed by atoms with Gasteiger partial charge in [0.2, 0.25) is 10.3 Å². The highest BCUT2D eigenvalue weighted by Gasteiger charge is 2.12. The van der Waals surface area contributed by atoms with Crippen LogP contribution in [0.25, 0.3) is 0 Å². The van der Waals surface area contributed by atoms with E-state index >= 15 is 0 Å². The monoisotopic (exact) mass is 396 g/mol. The van der Waals surface area contributed by atoms with Crippen molar-refractivity contribution >= 4 is 46.7 Å². The van der Waals surface area contributed by atoms with E-state index in [1.54, 1.807) is 0 Å². The van der Waals surface area contributed by atoms with Gasteiger partial charge < -0.3 is 5.84 Å². The molecule has 0 atom stereocenters. The number of thioether (sulfide) groups is 2. The molecular weight excluding hydrogens is 383 g/mol. The van der Waals surface area contributed by atoms with Gasteiger partial charge in [0.05, 0.1) is 0 Å². The van der Waals surface area contributed by atoms with E-state index in [2.05, 4.69) is 10.2 Å². The lowest BCUT2D eigenvalue weighted by atomic mass is 10.2. The molecule has 0 spiro atoms. The molecule has 0 aliphatic rings. The van der Waals surface area contributed by atoms with Crippen LogP contribution in [0.2, 0.25) is 10.0 Å². The zero-order valence-electron chi connectivity index (χ0n) is 12.5. The summed E-state index contributed by atoms with van der Waals surface area (Å²) in [5.41, 5.74) is 2.08. The van der Waals surface area contributed by atoms with Crippen LogP contribution in [0.5, 0.6) is 0 Å². The standard InChI is InChI=1S/C16H14Cl2N4S2/c17-13-7-3-1-5-11(13)9-23-15-20-21-16(22(15)19)24-10-12-6-2-4-8-14(12)18/h1-8H,9-10,19H2. The van der Waals surface area contributed by atoms with E-state index in [0.29, 0.717) is 21.8 Å². The van der Waals surface area contributed by atoms with Crippen molar-refractivity contribution in [2.24, 2.45) is 0 Å². The van der Waals surface area contributed by atoms with Crippen LogP contribution in [0.15, 0.2) is 58.8 Å². The fourth-order valence-electron chi connectivity index (χ4n) is 1.98. The summed E-state index contributed by atoms with van der Waals surface area (Å²) in [5.74, 6) is 7.46. The van der Waals surface area contributed by atoms with Gasteiger partial charge in [-0.3, -0.25) is 0 Å². The highest BCUT2D eigenvalue weighted by molar-refractivity contribution is 7.99. The van der Waals surface area contributed by atoms with Crippen LogP contribution in [0.4, 0.5) is 0 Å². The summed E-state index contributed by atoms with van der Waals surface area (Å²) in [4.78, 5) is 0. The Morgan fingerprint density at radius 1 is 0.792 bits per heavy atom. The van der Waals surface area contributed by atoms with Gasteiger partial charge >= 0.3 is 0 Å². The van der Waals surface area contributed by atoms with Gasteiger partial charge in [0.25, 0.3) is 0 Å². The molecule has 0 bridgehead atoms. The first-order valence-corrected chi connectivity index (χ1v) is 9.81. The number of nitrogen functional groups attached to an aromatic ring is 1. The smallest absolute Gasteiger partial charge is 0.210 e. The Morgan fingerprint density at radius 2 is 1.21 bits per heavy atom. The van der Waals surface area contributed by atoms with Crippen molar-refractivity contribution in [3.63, 3.8) is 0 Å². The molecular formula is C16H14Cl2N4S2. The van der Waals surface area contributed by atoms with Crippen LogP contribution in [0.1, 0.15) is 11.1 Å². The normalized spacial score (nSPS) is 10.9. The van der Waals surface area contributed by atoms with E-state index in [4.69, 9.17) is 29.0 Å². The van der Waals surface area contributed by atoms with Crippen molar-refractivity contribution in [3.05, 3.63) is 69.7 Å². The van der Waals surface area contributed by atoms with Gasteiger partial charge in [-0.15, -0.1) is 10.2 Å². The van der Waals surface area contributed by atoms with Gasteiger partial charge in [-0.25, -0.2) is 4.68 Å². The second-order valence-electron chi connectivity index (χ2n) is 4.90. The van der Waals surface area contributed by atoms with Crippen molar-refractivity contribution in [3.8, 4) is 0 Å². The number of hydrogen-bond donors (Lipinski definition) is 1. The SMILES string of the molecule is Nn1c(SCc2ccccc2Cl)nnc1SCc1ccccc1Cl. The lowest BCUT2D eigenvalue weighted by Gasteiger charge is -2.05. The maximum absolute atomic E-state index is 6.16. The summed E-state index contributed by atoms with van der Waals surface area (Å²) in [6, 6.07) is 15.4. The van der Waals surface area contributed by atoms with E-state index < -0.39 is 0 Å². The zero-order valence-corrected chi connectivity index (χ0v) is 15.7. The van der Waals surface area contributed by atoms with Crippen LogP contribution >= 0.6 is 46.7 Å². The fraction of sp³-hybridized carbons (Fsp3) is 0.125. The lowest BCUT2D eigenvalue weighted by Crippen LogP contribution is -2.11. The van der Waals surface area contributed by atoms with Crippen LogP contribution in [0.3, 0.4) is 0 Å². The molecule has 0 unspecified atom stereocenters. The summed E-state index contributed by atoms with van der Waals surface area (Å²) < 4.78 is 1.50. The molecule has 1 aromatic heterocycles. The number of benzene rings is 2. The van der Waals surface area contributed by atoms with Crippen LogP contribution in [-0.2, 0) is 11.5 Å². The minimum absolute atomic E-state index is 0.650. The molecule has 3 aromatic rings. The van der Waals surface area contributed by atoms with Gasteiger partial charge in [-0.1, -0.05) is 83.1 Å². The molecule has 0 amide bonds. The summed E-state index contributed by atoms with van der Waals surface area (Å²) in [5, 5.41) is 11.1. The molecule has 124 valence electrons. The Labute approximate surface area is 158 Å². The highest BCUT2D eigenvalue weighted by atomic mass is 35.5. The van der Waals surface area contributed by atoms with Gasteiger partial charge in [0.1, 0.15) is 0 Å². The summed E-state index contributed by atoms with van der Waals surface area (Å²) in [6.45, 7) is 0. The first kappa shape index (κ1) is 17.5. The Bertz CT molecular complexity index is 771. The van der Waals surface area contributed by atoms with E-state index in [0.717, 1.165) is 21.2 Å². The maximum Gasteiger partial charge on any atom is 0.210 e. The van der Waals surface area contributed by atoms with Crippen molar-refractivity contribution in [2.45, 2.75) is 21.8 Å². The van der Waals surface area contributed by atoms with Crippen molar-refractivity contribution in [2.75, 3.05) is 5.84 Å². The molecule has 0 saturated carbocycles.